The van der Waals surface area contributed by atoms with Gasteiger partial charge in [-0.3, -0.25) is 14.5 Å². The quantitative estimate of drug-likeness (QED) is 0.844. The number of benzene rings is 1. The third-order valence-corrected chi connectivity index (χ3v) is 5.44. The normalized spacial score (nSPS) is 21.7. The summed E-state index contributed by atoms with van der Waals surface area (Å²) in [4.78, 5) is 28.0. The van der Waals surface area contributed by atoms with E-state index in [1.165, 1.54) is 0 Å². The smallest absolute Gasteiger partial charge is 0.306 e. The zero-order valence-electron chi connectivity index (χ0n) is 15.4. The first kappa shape index (κ1) is 18.7. The molecule has 2 saturated heterocycles. The van der Waals surface area contributed by atoms with Gasteiger partial charge in [-0.15, -0.1) is 0 Å². The average molecular weight is 360 g/mol. The molecule has 2 aliphatic heterocycles. The molecule has 1 amide bonds. The summed E-state index contributed by atoms with van der Waals surface area (Å²) in [5.74, 6) is 0.0272. The predicted molar refractivity (Wildman–Crippen MR) is 98.1 cm³/mol. The Morgan fingerprint density at radius 1 is 1.12 bits per heavy atom. The van der Waals surface area contributed by atoms with Crippen molar-refractivity contribution in [1.82, 2.24) is 9.80 Å². The molecule has 26 heavy (non-hydrogen) atoms. The van der Waals surface area contributed by atoms with Crippen LogP contribution in [0.4, 0.5) is 0 Å². The fourth-order valence-corrected chi connectivity index (χ4v) is 3.98. The van der Waals surface area contributed by atoms with Crippen molar-refractivity contribution in [2.45, 2.75) is 38.6 Å². The van der Waals surface area contributed by atoms with E-state index in [1.54, 1.807) is 0 Å². The lowest BCUT2D eigenvalue weighted by molar-refractivity contribution is -0.143. The SMILES string of the molecule is CCOc1ccc(C2CCCN2C(=O)CN2CCC(C(=O)O)CC2)cc1. The fourth-order valence-electron chi connectivity index (χ4n) is 3.98. The Labute approximate surface area is 154 Å². The van der Waals surface area contributed by atoms with Crippen molar-refractivity contribution in [3.63, 3.8) is 0 Å². The molecule has 1 aromatic carbocycles. The molecule has 2 aliphatic rings. The van der Waals surface area contributed by atoms with Crippen LogP contribution in [0.15, 0.2) is 24.3 Å². The zero-order valence-corrected chi connectivity index (χ0v) is 15.4. The van der Waals surface area contributed by atoms with Gasteiger partial charge in [0.15, 0.2) is 0 Å². The van der Waals surface area contributed by atoms with Crippen LogP contribution in [-0.2, 0) is 9.59 Å². The molecular formula is C20H28N2O4. The van der Waals surface area contributed by atoms with Crippen molar-refractivity contribution in [2.75, 3.05) is 32.8 Å². The molecule has 1 aromatic rings. The molecule has 6 heteroatoms. The lowest BCUT2D eigenvalue weighted by Gasteiger charge is -2.32. The first-order valence-electron chi connectivity index (χ1n) is 9.56. The number of carbonyl (C=O) groups excluding carboxylic acids is 1. The minimum atomic E-state index is -0.717. The maximum absolute atomic E-state index is 12.8. The molecule has 0 bridgehead atoms. The Morgan fingerprint density at radius 3 is 2.42 bits per heavy atom. The number of aliphatic carboxylic acids is 1. The summed E-state index contributed by atoms with van der Waals surface area (Å²) in [6, 6.07) is 8.18. The van der Waals surface area contributed by atoms with Gasteiger partial charge in [0.1, 0.15) is 5.75 Å². The molecule has 1 unspecified atom stereocenters. The molecule has 6 nitrogen and oxygen atoms in total. The molecule has 0 spiro atoms. The van der Waals surface area contributed by atoms with Crippen LogP contribution in [0.5, 0.6) is 5.75 Å². The Bertz CT molecular complexity index is 623. The van der Waals surface area contributed by atoms with Crippen molar-refractivity contribution in [1.29, 1.82) is 0 Å². The minimum absolute atomic E-state index is 0.134. The maximum Gasteiger partial charge on any atom is 0.306 e. The van der Waals surface area contributed by atoms with Crippen molar-refractivity contribution in [3.8, 4) is 5.75 Å². The van der Waals surface area contributed by atoms with Crippen LogP contribution in [0.2, 0.25) is 0 Å². The minimum Gasteiger partial charge on any atom is -0.494 e. The summed E-state index contributed by atoms with van der Waals surface area (Å²) in [5, 5.41) is 9.09. The first-order chi connectivity index (χ1) is 12.6. The summed E-state index contributed by atoms with van der Waals surface area (Å²) >= 11 is 0. The van der Waals surface area contributed by atoms with Gasteiger partial charge in [-0.05, 0) is 63.4 Å². The molecule has 2 fully saturated rings. The van der Waals surface area contributed by atoms with E-state index in [0.29, 0.717) is 39.1 Å². The van der Waals surface area contributed by atoms with Gasteiger partial charge in [0.05, 0.1) is 25.1 Å². The Balaban J connectivity index is 1.57. The van der Waals surface area contributed by atoms with Crippen LogP contribution in [0, 0.1) is 5.92 Å². The van der Waals surface area contributed by atoms with Crippen molar-refractivity contribution in [2.24, 2.45) is 5.92 Å². The number of hydrogen-bond donors (Lipinski definition) is 1. The van der Waals surface area contributed by atoms with Crippen molar-refractivity contribution < 1.29 is 19.4 Å². The third kappa shape index (κ3) is 4.36. The van der Waals surface area contributed by atoms with Gasteiger partial charge in [0.25, 0.3) is 0 Å². The van der Waals surface area contributed by atoms with E-state index in [2.05, 4.69) is 17.0 Å². The molecule has 3 rings (SSSR count). The average Bonchev–Trinajstić information content (AvgIpc) is 3.13. The van der Waals surface area contributed by atoms with E-state index in [-0.39, 0.29) is 17.9 Å². The van der Waals surface area contributed by atoms with Crippen LogP contribution < -0.4 is 4.74 Å². The van der Waals surface area contributed by atoms with E-state index in [9.17, 15) is 9.59 Å². The van der Waals surface area contributed by atoms with Gasteiger partial charge in [-0.1, -0.05) is 12.1 Å². The number of nitrogens with zero attached hydrogens (tertiary/aromatic N) is 2. The molecule has 1 atom stereocenters. The number of rotatable bonds is 6. The second-order valence-electron chi connectivity index (χ2n) is 7.14. The number of carbonyl (C=O) groups is 2. The standard InChI is InChI=1S/C20H28N2O4/c1-2-26-17-7-5-15(6-8-17)18-4-3-11-22(18)19(23)14-21-12-9-16(10-13-21)20(24)25/h5-8,16,18H,2-4,9-14H2,1H3,(H,24,25). The van der Waals surface area contributed by atoms with E-state index in [0.717, 1.165) is 30.7 Å². The number of likely N-dealkylation sites (tertiary alicyclic amines) is 2. The van der Waals surface area contributed by atoms with E-state index in [1.807, 2.05) is 24.0 Å². The molecule has 1 N–H and O–H groups in total. The van der Waals surface area contributed by atoms with Gasteiger partial charge in [-0.25, -0.2) is 0 Å². The predicted octanol–water partition coefficient (Wildman–Crippen LogP) is 2.55. The first-order valence-corrected chi connectivity index (χ1v) is 9.56. The summed E-state index contributed by atoms with van der Waals surface area (Å²) in [7, 11) is 0. The van der Waals surface area contributed by atoms with Crippen LogP contribution in [-0.4, -0.2) is 59.6 Å². The molecule has 0 radical (unpaired) electrons. The summed E-state index contributed by atoms with van der Waals surface area (Å²) in [6.07, 6.45) is 3.27. The van der Waals surface area contributed by atoms with Crippen LogP contribution in [0.3, 0.4) is 0 Å². The second-order valence-corrected chi connectivity index (χ2v) is 7.14. The molecule has 2 heterocycles. The number of carboxylic acid groups (broad SMARTS) is 1. The molecule has 0 saturated carbocycles. The van der Waals surface area contributed by atoms with Crippen LogP contribution in [0.1, 0.15) is 44.2 Å². The highest BCUT2D eigenvalue weighted by Gasteiger charge is 2.32. The highest BCUT2D eigenvalue weighted by Crippen LogP contribution is 2.33. The van der Waals surface area contributed by atoms with Gasteiger partial charge < -0.3 is 14.7 Å². The maximum atomic E-state index is 12.8. The largest absolute Gasteiger partial charge is 0.494 e. The summed E-state index contributed by atoms with van der Waals surface area (Å²) < 4.78 is 5.49. The molecule has 0 aliphatic carbocycles. The molecule has 0 aromatic heterocycles. The summed E-state index contributed by atoms with van der Waals surface area (Å²) in [5.41, 5.74) is 1.16. The fraction of sp³-hybridized carbons (Fsp3) is 0.600. The third-order valence-electron chi connectivity index (χ3n) is 5.44. The van der Waals surface area contributed by atoms with Gasteiger partial charge in [0, 0.05) is 6.54 Å². The van der Waals surface area contributed by atoms with E-state index < -0.39 is 5.97 Å². The Kier molecular flexibility index (Phi) is 6.14. The highest BCUT2D eigenvalue weighted by atomic mass is 16.5. The lowest BCUT2D eigenvalue weighted by Crippen LogP contribution is -2.44. The highest BCUT2D eigenvalue weighted by molar-refractivity contribution is 5.79. The van der Waals surface area contributed by atoms with Gasteiger partial charge >= 0.3 is 5.97 Å². The number of piperidine rings is 1. The Morgan fingerprint density at radius 2 is 1.81 bits per heavy atom. The van der Waals surface area contributed by atoms with Crippen molar-refractivity contribution >= 4 is 11.9 Å². The summed E-state index contributed by atoms with van der Waals surface area (Å²) in [6.45, 7) is 5.16. The number of ether oxygens (including phenoxy) is 1. The van der Waals surface area contributed by atoms with Crippen molar-refractivity contribution in [3.05, 3.63) is 29.8 Å². The van der Waals surface area contributed by atoms with E-state index >= 15 is 0 Å². The van der Waals surface area contributed by atoms with Crippen LogP contribution in [0.25, 0.3) is 0 Å². The molecular weight excluding hydrogens is 332 g/mol. The second kappa shape index (κ2) is 8.54. The van der Waals surface area contributed by atoms with Gasteiger partial charge in [0.2, 0.25) is 5.91 Å². The number of carboxylic acids is 1. The van der Waals surface area contributed by atoms with E-state index in [4.69, 9.17) is 9.84 Å². The van der Waals surface area contributed by atoms with Crippen LogP contribution >= 0.6 is 0 Å². The number of amides is 1. The lowest BCUT2D eigenvalue weighted by atomic mass is 9.97. The van der Waals surface area contributed by atoms with Gasteiger partial charge in [-0.2, -0.15) is 0 Å². The number of hydrogen-bond acceptors (Lipinski definition) is 4. The zero-order chi connectivity index (χ0) is 18.5. The topological polar surface area (TPSA) is 70.1 Å². The molecule has 142 valence electrons. The Hall–Kier alpha value is -2.08. The monoisotopic (exact) mass is 360 g/mol.